The monoisotopic (exact) mass is 532 g/mol. The molecule has 4 nitrogen and oxygen atoms in total. The van der Waals surface area contributed by atoms with E-state index < -0.39 is 0 Å². The van der Waals surface area contributed by atoms with Crippen molar-refractivity contribution in [2.45, 2.75) is 6.42 Å². The average Bonchev–Trinajstić information content (AvgIpc) is 2.71. The van der Waals surface area contributed by atoms with Crippen LogP contribution in [0.15, 0.2) is 81.7 Å². The van der Waals surface area contributed by atoms with Crippen molar-refractivity contribution in [1.82, 2.24) is 5.32 Å². The minimum Gasteiger partial charge on any atom is -0.492 e. The SMILES string of the molecule is O=C(NC(=S)Nc1ccc(Br)cc1)c1ccc(OCCc2ccccc2)c(Br)c1. The summed E-state index contributed by atoms with van der Waals surface area (Å²) in [6, 6.07) is 22.8. The van der Waals surface area contributed by atoms with Crippen molar-refractivity contribution in [2.75, 3.05) is 11.9 Å². The molecule has 3 aromatic rings. The number of rotatable bonds is 6. The van der Waals surface area contributed by atoms with Crippen LogP contribution in [0, 0.1) is 0 Å². The van der Waals surface area contributed by atoms with E-state index >= 15 is 0 Å². The first-order valence-corrected chi connectivity index (χ1v) is 10.8. The number of ether oxygens (including phenoxy) is 1. The van der Waals surface area contributed by atoms with Gasteiger partial charge in [-0.3, -0.25) is 10.1 Å². The van der Waals surface area contributed by atoms with Gasteiger partial charge in [-0.2, -0.15) is 0 Å². The van der Waals surface area contributed by atoms with E-state index in [1.54, 1.807) is 18.2 Å². The van der Waals surface area contributed by atoms with Crippen LogP contribution in [-0.2, 0) is 6.42 Å². The Bertz CT molecular complexity index is 995. The highest BCUT2D eigenvalue weighted by molar-refractivity contribution is 9.10. The Morgan fingerprint density at radius 3 is 2.38 bits per heavy atom. The summed E-state index contributed by atoms with van der Waals surface area (Å²) in [5.74, 6) is 0.393. The van der Waals surface area contributed by atoms with Gasteiger partial charge < -0.3 is 10.1 Å². The smallest absolute Gasteiger partial charge is 0.257 e. The summed E-state index contributed by atoms with van der Waals surface area (Å²) >= 11 is 12.1. The quantitative estimate of drug-likeness (QED) is 0.384. The fourth-order valence-electron chi connectivity index (χ4n) is 2.55. The van der Waals surface area contributed by atoms with Crippen LogP contribution < -0.4 is 15.4 Å². The second-order valence-corrected chi connectivity index (χ2v) is 8.32. The molecule has 0 saturated heterocycles. The van der Waals surface area contributed by atoms with E-state index in [0.717, 1.165) is 16.6 Å². The maximum absolute atomic E-state index is 12.5. The van der Waals surface area contributed by atoms with E-state index in [2.05, 4.69) is 54.6 Å². The van der Waals surface area contributed by atoms with E-state index in [4.69, 9.17) is 17.0 Å². The lowest BCUT2D eigenvalue weighted by Crippen LogP contribution is -2.34. The van der Waals surface area contributed by atoms with Crippen LogP contribution in [0.25, 0.3) is 0 Å². The second-order valence-electron chi connectivity index (χ2n) is 6.14. The predicted molar refractivity (Wildman–Crippen MR) is 128 cm³/mol. The van der Waals surface area contributed by atoms with E-state index in [1.165, 1.54) is 5.56 Å². The molecule has 148 valence electrons. The highest BCUT2D eigenvalue weighted by atomic mass is 79.9. The largest absolute Gasteiger partial charge is 0.492 e. The van der Waals surface area contributed by atoms with Crippen molar-refractivity contribution in [3.63, 3.8) is 0 Å². The fraction of sp³-hybridized carbons (Fsp3) is 0.0909. The van der Waals surface area contributed by atoms with Gasteiger partial charge >= 0.3 is 0 Å². The number of carbonyl (C=O) groups is 1. The van der Waals surface area contributed by atoms with Gasteiger partial charge in [0.25, 0.3) is 5.91 Å². The topological polar surface area (TPSA) is 50.4 Å². The van der Waals surface area contributed by atoms with Gasteiger partial charge in [-0.15, -0.1) is 0 Å². The molecule has 29 heavy (non-hydrogen) atoms. The van der Waals surface area contributed by atoms with Crippen molar-refractivity contribution in [1.29, 1.82) is 0 Å². The number of hydrogen-bond donors (Lipinski definition) is 2. The van der Waals surface area contributed by atoms with Crippen molar-refractivity contribution in [3.05, 3.63) is 92.9 Å². The van der Waals surface area contributed by atoms with Crippen molar-refractivity contribution >= 4 is 60.8 Å². The Labute approximate surface area is 191 Å². The lowest BCUT2D eigenvalue weighted by atomic mass is 10.2. The van der Waals surface area contributed by atoms with E-state index in [1.807, 2.05) is 42.5 Å². The fourth-order valence-corrected chi connectivity index (χ4v) is 3.52. The van der Waals surface area contributed by atoms with Crippen LogP contribution in [0.1, 0.15) is 15.9 Å². The number of anilines is 1. The molecule has 0 aromatic heterocycles. The third-order valence-electron chi connectivity index (χ3n) is 4.01. The number of hydrogen-bond acceptors (Lipinski definition) is 3. The van der Waals surface area contributed by atoms with Gasteiger partial charge in [0, 0.05) is 22.1 Å². The zero-order valence-electron chi connectivity index (χ0n) is 15.3. The first-order valence-electron chi connectivity index (χ1n) is 8.85. The summed E-state index contributed by atoms with van der Waals surface area (Å²) in [7, 11) is 0. The van der Waals surface area contributed by atoms with Gasteiger partial charge in [0.2, 0.25) is 0 Å². The maximum atomic E-state index is 12.5. The molecule has 0 saturated carbocycles. The standard InChI is InChI=1S/C22H18Br2N2O2S/c23-17-7-9-18(10-8-17)25-22(29)26-21(27)16-6-11-20(19(24)14-16)28-13-12-15-4-2-1-3-5-15/h1-11,14H,12-13H2,(H2,25,26,27,29). The first kappa shape index (κ1) is 21.5. The summed E-state index contributed by atoms with van der Waals surface area (Å²) in [5, 5.41) is 5.89. The molecular formula is C22H18Br2N2O2S. The summed E-state index contributed by atoms with van der Waals surface area (Å²) in [6.07, 6.45) is 0.811. The Morgan fingerprint density at radius 2 is 1.69 bits per heavy atom. The summed E-state index contributed by atoms with van der Waals surface area (Å²) in [6.45, 7) is 0.551. The summed E-state index contributed by atoms with van der Waals surface area (Å²) in [4.78, 5) is 12.5. The van der Waals surface area contributed by atoms with Crippen LogP contribution in [0.2, 0.25) is 0 Å². The van der Waals surface area contributed by atoms with E-state index in [-0.39, 0.29) is 11.0 Å². The molecule has 1 amide bonds. The number of amides is 1. The van der Waals surface area contributed by atoms with Crippen LogP contribution in [0.4, 0.5) is 5.69 Å². The van der Waals surface area contributed by atoms with Gasteiger partial charge in [0.15, 0.2) is 5.11 Å². The molecule has 0 spiro atoms. The molecule has 0 aliphatic carbocycles. The lowest BCUT2D eigenvalue weighted by molar-refractivity contribution is 0.0977. The minimum absolute atomic E-state index is 0.233. The number of benzene rings is 3. The van der Waals surface area contributed by atoms with Crippen molar-refractivity contribution in [2.24, 2.45) is 0 Å². The van der Waals surface area contributed by atoms with Crippen LogP contribution in [0.5, 0.6) is 5.75 Å². The minimum atomic E-state index is -0.295. The maximum Gasteiger partial charge on any atom is 0.257 e. The Hall–Kier alpha value is -2.22. The van der Waals surface area contributed by atoms with Gasteiger partial charge in [-0.05, 0) is 76.2 Å². The van der Waals surface area contributed by atoms with Crippen LogP contribution >= 0.6 is 44.1 Å². The molecule has 7 heteroatoms. The lowest BCUT2D eigenvalue weighted by Gasteiger charge is -2.12. The molecule has 0 aliphatic rings. The number of thiocarbonyl (C=S) groups is 1. The van der Waals surface area contributed by atoms with Crippen LogP contribution in [0.3, 0.4) is 0 Å². The molecule has 0 aliphatic heterocycles. The highest BCUT2D eigenvalue weighted by Crippen LogP contribution is 2.26. The molecule has 0 radical (unpaired) electrons. The average molecular weight is 534 g/mol. The number of halogens is 2. The third-order valence-corrected chi connectivity index (χ3v) is 5.37. The van der Waals surface area contributed by atoms with Gasteiger partial charge in [0.05, 0.1) is 11.1 Å². The van der Waals surface area contributed by atoms with E-state index in [9.17, 15) is 4.79 Å². The van der Waals surface area contributed by atoms with Gasteiger partial charge in [0.1, 0.15) is 5.75 Å². The molecule has 0 unspecified atom stereocenters. The summed E-state index contributed by atoms with van der Waals surface area (Å²) in [5.41, 5.74) is 2.49. The predicted octanol–water partition coefficient (Wildman–Crippen LogP) is 5.96. The molecule has 2 N–H and O–H groups in total. The third kappa shape index (κ3) is 6.66. The molecular weight excluding hydrogens is 516 g/mol. The number of nitrogens with one attached hydrogen (secondary N) is 2. The molecule has 3 aromatic carbocycles. The van der Waals surface area contributed by atoms with Crippen LogP contribution in [-0.4, -0.2) is 17.6 Å². The summed E-state index contributed by atoms with van der Waals surface area (Å²) < 4.78 is 7.50. The Balaban J connectivity index is 1.53. The zero-order chi connectivity index (χ0) is 20.6. The second kappa shape index (κ2) is 10.5. The van der Waals surface area contributed by atoms with Gasteiger partial charge in [-0.1, -0.05) is 46.3 Å². The first-order chi connectivity index (χ1) is 14.0. The highest BCUT2D eigenvalue weighted by Gasteiger charge is 2.11. The molecule has 0 bridgehead atoms. The molecule has 0 heterocycles. The van der Waals surface area contributed by atoms with Crippen molar-refractivity contribution in [3.8, 4) is 5.75 Å². The van der Waals surface area contributed by atoms with Gasteiger partial charge in [-0.25, -0.2) is 0 Å². The van der Waals surface area contributed by atoms with E-state index in [0.29, 0.717) is 22.4 Å². The zero-order valence-corrected chi connectivity index (χ0v) is 19.3. The molecule has 0 fully saturated rings. The molecule has 3 rings (SSSR count). The molecule has 0 atom stereocenters. The Kier molecular flexibility index (Phi) is 7.80. The Morgan fingerprint density at radius 1 is 0.966 bits per heavy atom. The normalized spacial score (nSPS) is 10.3. The number of carbonyl (C=O) groups excluding carboxylic acids is 1. The van der Waals surface area contributed by atoms with Crippen molar-refractivity contribution < 1.29 is 9.53 Å².